The summed E-state index contributed by atoms with van der Waals surface area (Å²) in [5.74, 6) is -3.57. The number of alkyl halides is 6. The molecule has 1 amide bonds. The van der Waals surface area contributed by atoms with Crippen LogP contribution in [0, 0.1) is 11.8 Å². The molecule has 3 N–H and O–H groups in total. The molecule has 0 saturated carbocycles. The van der Waals surface area contributed by atoms with Gasteiger partial charge in [-0.25, -0.2) is 19.6 Å². The lowest BCUT2D eigenvalue weighted by Crippen LogP contribution is -2.34. The molecule has 2 saturated heterocycles. The zero-order valence-electron chi connectivity index (χ0n) is 20.5. The van der Waals surface area contributed by atoms with Crippen molar-refractivity contribution in [1.82, 2.24) is 20.3 Å². The average molecular weight is 583 g/mol. The van der Waals surface area contributed by atoms with Gasteiger partial charge in [0.25, 0.3) is 5.91 Å². The number of anilines is 1. The minimum Gasteiger partial charge on any atom is -0.481 e. The number of ether oxygens (including phenoxy) is 2. The number of carbonyl (C=O) groups excluding carboxylic acids is 1. The summed E-state index contributed by atoms with van der Waals surface area (Å²) >= 11 is 0. The Labute approximate surface area is 221 Å². The summed E-state index contributed by atoms with van der Waals surface area (Å²) in [7, 11) is 1.59. The minimum atomic E-state index is -5.08. The van der Waals surface area contributed by atoms with E-state index in [4.69, 9.17) is 29.3 Å². The number of carbonyl (C=O) groups is 3. The van der Waals surface area contributed by atoms with Gasteiger partial charge in [-0.2, -0.15) is 26.3 Å². The van der Waals surface area contributed by atoms with E-state index in [1.165, 1.54) is 6.33 Å². The highest BCUT2D eigenvalue weighted by molar-refractivity contribution is 5.93. The van der Waals surface area contributed by atoms with Crippen LogP contribution in [-0.2, 0) is 14.3 Å². The summed E-state index contributed by atoms with van der Waals surface area (Å²) in [6.07, 6.45) is -5.27. The van der Waals surface area contributed by atoms with Crippen LogP contribution in [0.1, 0.15) is 10.4 Å². The molecule has 220 valence electrons. The number of aliphatic carboxylic acids is 2. The summed E-state index contributed by atoms with van der Waals surface area (Å²) in [5, 5.41) is 17.3. The van der Waals surface area contributed by atoms with Gasteiger partial charge in [0.05, 0.1) is 25.4 Å². The van der Waals surface area contributed by atoms with Crippen molar-refractivity contribution in [3.63, 3.8) is 0 Å². The fourth-order valence-corrected chi connectivity index (χ4v) is 3.63. The first kappa shape index (κ1) is 32.0. The van der Waals surface area contributed by atoms with Gasteiger partial charge in [0.2, 0.25) is 5.88 Å². The van der Waals surface area contributed by atoms with E-state index < -0.39 is 24.3 Å². The molecular weight excluding hydrogens is 560 g/mol. The van der Waals surface area contributed by atoms with Crippen molar-refractivity contribution >= 4 is 23.7 Å². The second kappa shape index (κ2) is 13.7. The molecule has 2 aromatic heterocycles. The number of pyridine rings is 1. The third-order valence-electron chi connectivity index (χ3n) is 5.53. The van der Waals surface area contributed by atoms with E-state index in [1.807, 2.05) is 6.07 Å². The molecule has 0 unspecified atom stereocenters. The maximum atomic E-state index is 12.2. The molecule has 4 heterocycles. The summed E-state index contributed by atoms with van der Waals surface area (Å²) in [5.41, 5.74) is 0.573. The van der Waals surface area contributed by atoms with E-state index >= 15 is 0 Å². The molecular formula is C22H23F6N5O7. The Kier molecular flexibility index (Phi) is 11.0. The zero-order chi connectivity index (χ0) is 30.1. The number of rotatable bonds is 5. The molecule has 2 aliphatic rings. The normalized spacial score (nSPS) is 19.8. The molecule has 2 fully saturated rings. The molecule has 12 nitrogen and oxygen atoms in total. The molecule has 2 aromatic rings. The van der Waals surface area contributed by atoms with Gasteiger partial charge in [-0.3, -0.25) is 9.78 Å². The number of nitrogens with one attached hydrogen (secondary N) is 1. The predicted octanol–water partition coefficient (Wildman–Crippen LogP) is 2.03. The van der Waals surface area contributed by atoms with Gasteiger partial charge >= 0.3 is 24.3 Å². The van der Waals surface area contributed by atoms with Gasteiger partial charge in [0, 0.05) is 49.9 Å². The first-order valence-corrected chi connectivity index (χ1v) is 11.1. The summed E-state index contributed by atoms with van der Waals surface area (Å²) in [4.78, 5) is 44.6. The van der Waals surface area contributed by atoms with Crippen molar-refractivity contribution in [3.05, 3.63) is 42.5 Å². The quantitative estimate of drug-likeness (QED) is 0.441. The molecule has 4 rings (SSSR count). The van der Waals surface area contributed by atoms with Crippen LogP contribution < -0.4 is 15.0 Å². The highest BCUT2D eigenvalue weighted by Gasteiger charge is 2.44. The number of nitrogens with zero attached hydrogens (tertiary/aromatic N) is 4. The van der Waals surface area contributed by atoms with Crippen LogP contribution in [0.15, 0.2) is 36.9 Å². The number of aromatic nitrogens is 3. The van der Waals surface area contributed by atoms with Crippen LogP contribution in [0.5, 0.6) is 5.88 Å². The number of carboxylic acid groups (broad SMARTS) is 2. The number of carboxylic acids is 2. The van der Waals surface area contributed by atoms with E-state index in [-0.39, 0.29) is 17.9 Å². The molecule has 0 radical (unpaired) electrons. The van der Waals surface area contributed by atoms with Gasteiger partial charge in [-0.1, -0.05) is 0 Å². The van der Waals surface area contributed by atoms with Gasteiger partial charge in [0.15, 0.2) is 0 Å². The van der Waals surface area contributed by atoms with Crippen LogP contribution in [-0.4, -0.2) is 94.8 Å². The molecule has 0 aromatic carbocycles. The fourth-order valence-electron chi connectivity index (χ4n) is 3.63. The van der Waals surface area contributed by atoms with E-state index in [2.05, 4.69) is 25.2 Å². The largest absolute Gasteiger partial charge is 0.490 e. The van der Waals surface area contributed by atoms with Crippen molar-refractivity contribution in [2.45, 2.75) is 18.5 Å². The summed E-state index contributed by atoms with van der Waals surface area (Å²) in [6, 6.07) is 5.35. The Morgan fingerprint density at radius 3 is 2.25 bits per heavy atom. The topological polar surface area (TPSA) is 164 Å². The van der Waals surface area contributed by atoms with Crippen LogP contribution in [0.2, 0.25) is 0 Å². The van der Waals surface area contributed by atoms with Gasteiger partial charge in [0.1, 0.15) is 12.1 Å². The average Bonchev–Trinajstić information content (AvgIpc) is 3.49. The molecule has 18 heteroatoms. The second-order valence-electron chi connectivity index (χ2n) is 8.18. The Morgan fingerprint density at radius 2 is 1.73 bits per heavy atom. The minimum absolute atomic E-state index is 0.100. The van der Waals surface area contributed by atoms with Gasteiger partial charge in [-0.05, 0) is 12.1 Å². The monoisotopic (exact) mass is 583 g/mol. The van der Waals surface area contributed by atoms with Crippen molar-refractivity contribution in [3.8, 4) is 5.88 Å². The summed E-state index contributed by atoms with van der Waals surface area (Å²) in [6.45, 7) is 2.90. The lowest BCUT2D eigenvalue weighted by molar-refractivity contribution is -0.193. The van der Waals surface area contributed by atoms with E-state index in [9.17, 15) is 31.1 Å². The van der Waals surface area contributed by atoms with Gasteiger partial charge < -0.3 is 29.9 Å². The third kappa shape index (κ3) is 9.51. The number of hydrogen-bond donors (Lipinski definition) is 3. The SMILES string of the molecule is COc1cc(N2C[C@@H]3[C@H](CNC(=O)c4cccnc4)CO[C@@H]3C2)ncn1.O=C(O)C(F)(F)F.O=C(O)C(F)(F)F. The van der Waals surface area contributed by atoms with Gasteiger partial charge in [-0.15, -0.1) is 0 Å². The lowest BCUT2D eigenvalue weighted by atomic mass is 9.93. The number of methoxy groups -OCH3 is 1. The first-order chi connectivity index (χ1) is 18.6. The standard InChI is InChI=1S/C18H21N5O3.2C2HF3O2/c1-25-17-5-16(21-11-22-17)23-8-14-13(10-26-15(14)9-23)7-20-18(24)12-3-2-4-19-6-12;2*3-2(4,5)1(6)7/h2-6,11,13-15H,7-10H2,1H3,(H,20,24);2*(H,6,7)/t13-,14-,15-;;/m1../s1. The zero-order valence-corrected chi connectivity index (χ0v) is 20.5. The Bertz CT molecular complexity index is 1130. The van der Waals surface area contributed by atoms with Crippen molar-refractivity contribution < 1.29 is 60.4 Å². The highest BCUT2D eigenvalue weighted by atomic mass is 19.4. The molecule has 3 atom stereocenters. The Hall–Kier alpha value is -4.22. The number of fused-ring (bicyclic) bond motifs is 1. The second-order valence-corrected chi connectivity index (χ2v) is 8.18. The fraction of sp³-hybridized carbons (Fsp3) is 0.455. The smallest absolute Gasteiger partial charge is 0.481 e. The first-order valence-electron chi connectivity index (χ1n) is 11.1. The number of hydrogen-bond acceptors (Lipinski definition) is 9. The van der Waals surface area contributed by atoms with Crippen molar-refractivity contribution in [1.29, 1.82) is 0 Å². The summed E-state index contributed by atoms with van der Waals surface area (Å²) < 4.78 is 74.6. The Morgan fingerprint density at radius 1 is 1.10 bits per heavy atom. The number of halogens is 6. The van der Waals surface area contributed by atoms with E-state index in [1.54, 1.807) is 31.6 Å². The van der Waals surface area contributed by atoms with Crippen LogP contribution in [0.3, 0.4) is 0 Å². The molecule has 40 heavy (non-hydrogen) atoms. The highest BCUT2D eigenvalue weighted by Crippen LogP contribution is 2.35. The third-order valence-corrected chi connectivity index (χ3v) is 5.53. The maximum Gasteiger partial charge on any atom is 0.490 e. The molecule has 2 aliphatic heterocycles. The van der Waals surface area contributed by atoms with Crippen LogP contribution in [0.4, 0.5) is 32.2 Å². The van der Waals surface area contributed by atoms with E-state index in [0.29, 0.717) is 30.5 Å². The number of amides is 1. The Balaban J connectivity index is 0.000000333. The van der Waals surface area contributed by atoms with Crippen LogP contribution >= 0.6 is 0 Å². The molecule has 0 aliphatic carbocycles. The predicted molar refractivity (Wildman–Crippen MR) is 121 cm³/mol. The van der Waals surface area contributed by atoms with Crippen molar-refractivity contribution in [2.75, 3.05) is 38.3 Å². The maximum absolute atomic E-state index is 12.2. The van der Waals surface area contributed by atoms with Crippen LogP contribution in [0.25, 0.3) is 0 Å². The molecule has 0 spiro atoms. The van der Waals surface area contributed by atoms with E-state index in [0.717, 1.165) is 18.9 Å². The van der Waals surface area contributed by atoms with Crippen molar-refractivity contribution in [2.24, 2.45) is 11.8 Å². The molecule has 0 bridgehead atoms. The lowest BCUT2D eigenvalue weighted by Gasteiger charge is -2.21.